The van der Waals surface area contributed by atoms with Gasteiger partial charge in [-0.05, 0) is 12.1 Å². The first kappa shape index (κ1) is 16.2. The van der Waals surface area contributed by atoms with E-state index in [0.29, 0.717) is 5.56 Å². The van der Waals surface area contributed by atoms with Crippen LogP contribution in [0.15, 0.2) is 29.2 Å². The molecule has 6 nitrogen and oxygen atoms in total. The normalized spacial score (nSPS) is 10.5. The Labute approximate surface area is 118 Å². The predicted molar refractivity (Wildman–Crippen MR) is 74.3 cm³/mol. The zero-order valence-corrected chi connectivity index (χ0v) is 11.8. The number of aliphatic hydroxyl groups excluding tert-OH is 1. The number of carbonyl (C=O) groups is 1. The molecule has 0 unspecified atom stereocenters. The Bertz CT molecular complexity index is 629. The van der Waals surface area contributed by atoms with E-state index in [9.17, 15) is 13.2 Å². The molecular formula is C13H16N2O4S. The van der Waals surface area contributed by atoms with Crippen molar-refractivity contribution in [1.29, 1.82) is 0 Å². The lowest BCUT2D eigenvalue weighted by atomic mass is 10.2. The molecule has 3 N–H and O–H groups in total. The molecule has 0 aliphatic carbocycles. The molecule has 0 radical (unpaired) electrons. The summed E-state index contributed by atoms with van der Waals surface area (Å²) in [5.74, 6) is 4.74. The van der Waals surface area contributed by atoms with E-state index in [1.165, 1.54) is 13.1 Å². The minimum Gasteiger partial charge on any atom is -0.384 e. The van der Waals surface area contributed by atoms with Gasteiger partial charge >= 0.3 is 0 Å². The molecule has 1 amide bonds. The molecule has 7 heteroatoms. The van der Waals surface area contributed by atoms with Crippen LogP contribution in [0.2, 0.25) is 0 Å². The van der Waals surface area contributed by atoms with Crippen LogP contribution >= 0.6 is 0 Å². The average molecular weight is 296 g/mol. The minimum atomic E-state index is -3.74. The first-order chi connectivity index (χ1) is 9.51. The van der Waals surface area contributed by atoms with Crippen molar-refractivity contribution in [2.75, 3.05) is 20.2 Å². The smallest absolute Gasteiger partial charge is 0.241 e. The number of aliphatic hydroxyl groups is 1. The van der Waals surface area contributed by atoms with Crippen molar-refractivity contribution in [3.63, 3.8) is 0 Å². The quantitative estimate of drug-likeness (QED) is 0.635. The number of hydrogen-bond acceptors (Lipinski definition) is 4. The topological polar surface area (TPSA) is 95.5 Å². The summed E-state index contributed by atoms with van der Waals surface area (Å²) in [6, 6.07) is 6.21. The van der Waals surface area contributed by atoms with E-state index >= 15 is 0 Å². The Morgan fingerprint density at radius 1 is 1.35 bits per heavy atom. The molecule has 0 atom stereocenters. The van der Waals surface area contributed by atoms with Crippen LogP contribution in [-0.4, -0.2) is 39.6 Å². The summed E-state index contributed by atoms with van der Waals surface area (Å²) in [4.78, 5) is 11.1. The highest BCUT2D eigenvalue weighted by Gasteiger charge is 2.17. The lowest BCUT2D eigenvalue weighted by Crippen LogP contribution is -2.29. The SMILES string of the molecule is CNC(=O)CCNS(=O)(=O)c1ccccc1C#CCO. The number of amides is 1. The second-order valence-electron chi connectivity index (χ2n) is 3.78. The second kappa shape index (κ2) is 7.65. The summed E-state index contributed by atoms with van der Waals surface area (Å²) < 4.78 is 26.6. The Balaban J connectivity index is 2.90. The average Bonchev–Trinajstić information content (AvgIpc) is 2.45. The van der Waals surface area contributed by atoms with E-state index in [-0.39, 0.29) is 30.4 Å². The van der Waals surface area contributed by atoms with Crippen LogP contribution in [0.25, 0.3) is 0 Å². The molecule has 108 valence electrons. The number of sulfonamides is 1. The van der Waals surface area contributed by atoms with Crippen LogP contribution in [0.1, 0.15) is 12.0 Å². The molecule has 0 saturated heterocycles. The van der Waals surface area contributed by atoms with Crippen LogP contribution in [0, 0.1) is 11.8 Å². The summed E-state index contributed by atoms with van der Waals surface area (Å²) >= 11 is 0. The molecular weight excluding hydrogens is 280 g/mol. The molecule has 20 heavy (non-hydrogen) atoms. The van der Waals surface area contributed by atoms with Gasteiger partial charge in [0.25, 0.3) is 0 Å². The first-order valence-corrected chi connectivity index (χ1v) is 7.38. The van der Waals surface area contributed by atoms with Crippen LogP contribution in [0.3, 0.4) is 0 Å². The maximum Gasteiger partial charge on any atom is 0.241 e. The molecule has 0 aliphatic rings. The van der Waals surface area contributed by atoms with Gasteiger partial charge in [0.1, 0.15) is 6.61 Å². The Morgan fingerprint density at radius 2 is 2.05 bits per heavy atom. The molecule has 0 saturated carbocycles. The van der Waals surface area contributed by atoms with Crippen molar-refractivity contribution in [3.05, 3.63) is 29.8 Å². The fourth-order valence-electron chi connectivity index (χ4n) is 1.44. The fraction of sp³-hybridized carbons (Fsp3) is 0.308. The summed E-state index contributed by atoms with van der Waals surface area (Å²) in [5.41, 5.74) is 0.300. The summed E-state index contributed by atoms with van der Waals surface area (Å²) in [6.45, 7) is -0.345. The van der Waals surface area contributed by atoms with E-state index in [2.05, 4.69) is 21.9 Å². The van der Waals surface area contributed by atoms with Gasteiger partial charge in [0, 0.05) is 25.6 Å². The van der Waals surface area contributed by atoms with Crippen LogP contribution < -0.4 is 10.0 Å². The zero-order chi connectivity index (χ0) is 15.0. The van der Waals surface area contributed by atoms with Gasteiger partial charge in [-0.1, -0.05) is 24.0 Å². The lowest BCUT2D eigenvalue weighted by molar-refractivity contribution is -0.120. The summed E-state index contributed by atoms with van der Waals surface area (Å²) in [7, 11) is -2.26. The first-order valence-electron chi connectivity index (χ1n) is 5.90. The summed E-state index contributed by atoms with van der Waals surface area (Å²) in [5, 5.41) is 11.1. The van der Waals surface area contributed by atoms with Gasteiger partial charge in [0.15, 0.2) is 0 Å². The predicted octanol–water partition coefficient (Wildman–Crippen LogP) is -0.555. The van der Waals surface area contributed by atoms with Crippen molar-refractivity contribution >= 4 is 15.9 Å². The molecule has 1 aromatic carbocycles. The van der Waals surface area contributed by atoms with E-state index in [0.717, 1.165) is 0 Å². The number of hydrogen-bond donors (Lipinski definition) is 3. The third-order valence-electron chi connectivity index (χ3n) is 2.40. The highest BCUT2D eigenvalue weighted by molar-refractivity contribution is 7.89. The van der Waals surface area contributed by atoms with E-state index < -0.39 is 10.0 Å². The van der Waals surface area contributed by atoms with Gasteiger partial charge in [-0.2, -0.15) is 0 Å². The maximum atomic E-state index is 12.1. The van der Waals surface area contributed by atoms with Crippen molar-refractivity contribution in [2.45, 2.75) is 11.3 Å². The van der Waals surface area contributed by atoms with Gasteiger partial charge in [0.2, 0.25) is 15.9 Å². The number of benzene rings is 1. The minimum absolute atomic E-state index is 0.00374. The number of carbonyl (C=O) groups excluding carboxylic acids is 1. The maximum absolute atomic E-state index is 12.1. The molecule has 0 spiro atoms. The van der Waals surface area contributed by atoms with Crippen LogP contribution in [-0.2, 0) is 14.8 Å². The van der Waals surface area contributed by atoms with Crippen LogP contribution in [0.4, 0.5) is 0 Å². The molecule has 1 rings (SSSR count). The summed E-state index contributed by atoms with van der Waals surface area (Å²) in [6.07, 6.45) is 0.0558. The number of nitrogens with one attached hydrogen (secondary N) is 2. The Kier molecular flexibility index (Phi) is 6.18. The monoisotopic (exact) mass is 296 g/mol. The highest BCUT2D eigenvalue weighted by Crippen LogP contribution is 2.14. The largest absolute Gasteiger partial charge is 0.384 e. The van der Waals surface area contributed by atoms with Crippen LogP contribution in [0.5, 0.6) is 0 Å². The van der Waals surface area contributed by atoms with Gasteiger partial charge in [0.05, 0.1) is 4.90 Å². The molecule has 0 aromatic heterocycles. The molecule has 0 fully saturated rings. The Morgan fingerprint density at radius 3 is 2.70 bits per heavy atom. The standard InChI is InChI=1S/C13H16N2O4S/c1-14-13(17)8-9-15-20(18,19)12-7-3-2-5-11(12)6-4-10-16/h2-3,5,7,15-16H,8-10H2,1H3,(H,14,17). The van der Waals surface area contributed by atoms with E-state index in [1.807, 2.05) is 0 Å². The highest BCUT2D eigenvalue weighted by atomic mass is 32.2. The number of rotatable bonds is 5. The van der Waals surface area contributed by atoms with Gasteiger partial charge < -0.3 is 10.4 Å². The van der Waals surface area contributed by atoms with Crippen molar-refractivity contribution in [1.82, 2.24) is 10.0 Å². The molecule has 1 aromatic rings. The van der Waals surface area contributed by atoms with Crippen molar-refractivity contribution in [3.8, 4) is 11.8 Å². The molecule has 0 heterocycles. The van der Waals surface area contributed by atoms with Crippen molar-refractivity contribution < 1.29 is 18.3 Å². The Hall–Kier alpha value is -1.88. The van der Waals surface area contributed by atoms with Crippen molar-refractivity contribution in [2.24, 2.45) is 0 Å². The second-order valence-corrected chi connectivity index (χ2v) is 5.51. The third-order valence-corrected chi connectivity index (χ3v) is 3.92. The van der Waals surface area contributed by atoms with E-state index in [4.69, 9.17) is 5.11 Å². The lowest BCUT2D eigenvalue weighted by Gasteiger charge is -2.08. The van der Waals surface area contributed by atoms with Gasteiger partial charge in [-0.3, -0.25) is 4.79 Å². The van der Waals surface area contributed by atoms with Gasteiger partial charge in [-0.25, -0.2) is 13.1 Å². The third kappa shape index (κ3) is 4.66. The fourth-order valence-corrected chi connectivity index (χ4v) is 2.63. The molecule has 0 aliphatic heterocycles. The van der Waals surface area contributed by atoms with E-state index in [1.54, 1.807) is 18.2 Å². The molecule has 0 bridgehead atoms. The zero-order valence-electron chi connectivity index (χ0n) is 11.0. The van der Waals surface area contributed by atoms with Gasteiger partial charge in [-0.15, -0.1) is 0 Å².